The van der Waals surface area contributed by atoms with Crippen LogP contribution in [0.5, 0.6) is 0 Å². The summed E-state index contributed by atoms with van der Waals surface area (Å²) in [7, 11) is 0. The predicted octanol–water partition coefficient (Wildman–Crippen LogP) is 0.881. The third-order valence-electron chi connectivity index (χ3n) is 3.87. The summed E-state index contributed by atoms with van der Waals surface area (Å²) in [4.78, 5) is 40.7. The van der Waals surface area contributed by atoms with Gasteiger partial charge in [-0.25, -0.2) is 0 Å². The van der Waals surface area contributed by atoms with Crippen LogP contribution >= 0.6 is 0 Å². The van der Waals surface area contributed by atoms with Crippen LogP contribution in [0.25, 0.3) is 0 Å². The molecular weight excluding hydrogens is 320 g/mol. The summed E-state index contributed by atoms with van der Waals surface area (Å²) < 4.78 is 0. The first-order valence-electron chi connectivity index (χ1n) is 8.01. The van der Waals surface area contributed by atoms with Crippen molar-refractivity contribution in [2.45, 2.75) is 18.9 Å². The number of benzene rings is 1. The van der Waals surface area contributed by atoms with Gasteiger partial charge in [0.1, 0.15) is 6.04 Å². The van der Waals surface area contributed by atoms with Crippen LogP contribution in [0.1, 0.15) is 22.5 Å². The lowest BCUT2D eigenvalue weighted by molar-refractivity contribution is -0.125. The topological polar surface area (TPSA) is 100 Å². The number of aromatic nitrogens is 1. The van der Waals surface area contributed by atoms with Gasteiger partial charge in [-0.15, -0.1) is 0 Å². The second-order valence-electron chi connectivity index (χ2n) is 5.69. The Morgan fingerprint density at radius 2 is 1.92 bits per heavy atom. The molecule has 0 saturated heterocycles. The third-order valence-corrected chi connectivity index (χ3v) is 3.87. The maximum atomic E-state index is 12.2. The molecule has 7 nitrogen and oxygen atoms in total. The van der Waals surface area contributed by atoms with E-state index in [-0.39, 0.29) is 18.2 Å². The zero-order valence-electron chi connectivity index (χ0n) is 13.5. The highest BCUT2D eigenvalue weighted by Crippen LogP contribution is 2.18. The van der Waals surface area contributed by atoms with Gasteiger partial charge in [0, 0.05) is 24.9 Å². The van der Waals surface area contributed by atoms with Crippen LogP contribution in [0.15, 0.2) is 48.7 Å². The van der Waals surface area contributed by atoms with E-state index in [1.54, 1.807) is 30.5 Å². The van der Waals surface area contributed by atoms with Gasteiger partial charge in [-0.2, -0.15) is 0 Å². The van der Waals surface area contributed by atoms with Gasteiger partial charge in [-0.1, -0.05) is 18.2 Å². The predicted molar refractivity (Wildman–Crippen MR) is 91.9 cm³/mol. The van der Waals surface area contributed by atoms with E-state index in [1.165, 1.54) is 0 Å². The average molecular weight is 338 g/mol. The van der Waals surface area contributed by atoms with E-state index in [0.717, 1.165) is 5.69 Å². The summed E-state index contributed by atoms with van der Waals surface area (Å²) in [6.07, 6.45) is 2.18. The molecular formula is C18H18N4O3. The molecule has 128 valence electrons. The van der Waals surface area contributed by atoms with Crippen LogP contribution in [-0.2, 0) is 16.0 Å². The van der Waals surface area contributed by atoms with Gasteiger partial charge < -0.3 is 16.0 Å². The lowest BCUT2D eigenvalue weighted by Gasteiger charge is -2.14. The summed E-state index contributed by atoms with van der Waals surface area (Å²) in [5.41, 5.74) is 1.70. The Morgan fingerprint density at radius 3 is 2.72 bits per heavy atom. The molecule has 0 saturated carbocycles. The molecule has 3 N–H and O–H groups in total. The number of nitrogens with one attached hydrogen (secondary N) is 3. The zero-order chi connectivity index (χ0) is 17.6. The van der Waals surface area contributed by atoms with Crippen LogP contribution in [0.2, 0.25) is 0 Å². The molecule has 0 aliphatic carbocycles. The number of carbonyl (C=O) groups excluding carboxylic acids is 3. The fourth-order valence-electron chi connectivity index (χ4n) is 2.59. The normalized spacial score (nSPS) is 16.2. The van der Waals surface area contributed by atoms with Crippen molar-refractivity contribution in [1.29, 1.82) is 0 Å². The molecule has 0 unspecified atom stereocenters. The maximum Gasteiger partial charge on any atom is 0.254 e. The zero-order valence-corrected chi connectivity index (χ0v) is 13.5. The van der Waals surface area contributed by atoms with Crippen LogP contribution < -0.4 is 16.0 Å². The number of rotatable bonds is 5. The molecule has 0 spiro atoms. The van der Waals surface area contributed by atoms with Gasteiger partial charge in [0.15, 0.2) is 0 Å². The summed E-state index contributed by atoms with van der Waals surface area (Å²) in [5, 5.41) is 8.02. The Balaban J connectivity index is 1.55. The number of carbonyl (C=O) groups is 3. The van der Waals surface area contributed by atoms with E-state index in [4.69, 9.17) is 0 Å². The molecule has 3 rings (SSSR count). The summed E-state index contributed by atoms with van der Waals surface area (Å²) in [6, 6.07) is 11.4. The van der Waals surface area contributed by atoms with Crippen molar-refractivity contribution in [3.63, 3.8) is 0 Å². The van der Waals surface area contributed by atoms with Gasteiger partial charge in [0.2, 0.25) is 11.8 Å². The lowest BCUT2D eigenvalue weighted by atomic mass is 10.1. The number of para-hydroxylation sites is 1. The van der Waals surface area contributed by atoms with Crippen molar-refractivity contribution < 1.29 is 14.4 Å². The summed E-state index contributed by atoms with van der Waals surface area (Å²) in [6.45, 7) is 0.415. The molecule has 1 aromatic heterocycles. The minimum Gasteiger partial charge on any atom is -0.356 e. The Labute approximate surface area is 144 Å². The number of fused-ring (bicyclic) bond motifs is 1. The van der Waals surface area contributed by atoms with Crippen LogP contribution in [-0.4, -0.2) is 35.3 Å². The van der Waals surface area contributed by atoms with Gasteiger partial charge in [0.05, 0.1) is 17.7 Å². The highest BCUT2D eigenvalue weighted by Gasteiger charge is 2.29. The van der Waals surface area contributed by atoms with Crippen molar-refractivity contribution in [2.75, 3.05) is 11.9 Å². The minimum atomic E-state index is -0.908. The molecule has 25 heavy (non-hydrogen) atoms. The second-order valence-corrected chi connectivity index (χ2v) is 5.69. The maximum absolute atomic E-state index is 12.2. The van der Waals surface area contributed by atoms with Crippen molar-refractivity contribution in [3.8, 4) is 0 Å². The Hall–Kier alpha value is -3.22. The second kappa shape index (κ2) is 7.57. The molecule has 7 heteroatoms. The van der Waals surface area contributed by atoms with E-state index >= 15 is 0 Å². The standard InChI is InChI=1S/C18H18N4O3/c23-16(20-10-8-12-5-3-4-9-19-12)11-15-18(25)21-14-7-2-1-6-13(14)17(24)22-15/h1-7,9,15H,8,10-11H2,(H,20,23)(H,21,25)(H,22,24)/t15-/m0/s1. The van der Waals surface area contributed by atoms with Crippen LogP contribution in [0.3, 0.4) is 0 Å². The van der Waals surface area contributed by atoms with E-state index in [0.29, 0.717) is 24.2 Å². The Morgan fingerprint density at radius 1 is 1.12 bits per heavy atom. The van der Waals surface area contributed by atoms with Crippen molar-refractivity contribution in [3.05, 3.63) is 59.9 Å². The summed E-state index contributed by atoms with van der Waals surface area (Å²) >= 11 is 0. The number of anilines is 1. The Kier molecular flexibility index (Phi) is 5.03. The molecule has 1 aliphatic rings. The van der Waals surface area contributed by atoms with Gasteiger partial charge in [-0.05, 0) is 24.3 Å². The van der Waals surface area contributed by atoms with Gasteiger partial charge in [-0.3, -0.25) is 19.4 Å². The van der Waals surface area contributed by atoms with Crippen molar-refractivity contribution in [1.82, 2.24) is 15.6 Å². The third kappa shape index (κ3) is 4.20. The molecule has 1 atom stereocenters. The average Bonchev–Trinajstić information content (AvgIpc) is 2.73. The number of hydrogen-bond donors (Lipinski definition) is 3. The fraction of sp³-hybridized carbons (Fsp3) is 0.222. The van der Waals surface area contributed by atoms with E-state index in [1.807, 2.05) is 18.2 Å². The quantitative estimate of drug-likeness (QED) is 0.753. The highest BCUT2D eigenvalue weighted by atomic mass is 16.2. The van der Waals surface area contributed by atoms with E-state index in [9.17, 15) is 14.4 Å². The molecule has 3 amide bonds. The molecule has 1 aromatic carbocycles. The van der Waals surface area contributed by atoms with Gasteiger partial charge in [0.25, 0.3) is 5.91 Å². The van der Waals surface area contributed by atoms with E-state index < -0.39 is 11.9 Å². The first-order chi connectivity index (χ1) is 12.1. The highest BCUT2D eigenvalue weighted by molar-refractivity contribution is 6.10. The fourth-order valence-corrected chi connectivity index (χ4v) is 2.59. The first-order valence-corrected chi connectivity index (χ1v) is 8.01. The largest absolute Gasteiger partial charge is 0.356 e. The molecule has 1 aliphatic heterocycles. The number of hydrogen-bond acceptors (Lipinski definition) is 4. The van der Waals surface area contributed by atoms with Gasteiger partial charge >= 0.3 is 0 Å². The number of nitrogens with zero attached hydrogens (tertiary/aromatic N) is 1. The van der Waals surface area contributed by atoms with E-state index in [2.05, 4.69) is 20.9 Å². The summed E-state index contributed by atoms with van der Waals surface area (Å²) in [5.74, 6) is -1.08. The number of pyridine rings is 1. The van der Waals surface area contributed by atoms with Crippen molar-refractivity contribution in [2.24, 2.45) is 0 Å². The smallest absolute Gasteiger partial charge is 0.254 e. The molecule has 2 aromatic rings. The SMILES string of the molecule is O=C(C[C@@H]1NC(=O)c2ccccc2NC1=O)NCCc1ccccn1. The van der Waals surface area contributed by atoms with Crippen LogP contribution in [0, 0.1) is 0 Å². The first kappa shape index (κ1) is 16.6. The molecule has 2 heterocycles. The lowest BCUT2D eigenvalue weighted by Crippen LogP contribution is -2.44. The monoisotopic (exact) mass is 338 g/mol. The molecule has 0 bridgehead atoms. The minimum absolute atomic E-state index is 0.117. The molecule has 0 fully saturated rings. The number of amides is 3. The Bertz CT molecular complexity index is 792. The molecule has 0 radical (unpaired) electrons. The van der Waals surface area contributed by atoms with Crippen LogP contribution in [0.4, 0.5) is 5.69 Å². The van der Waals surface area contributed by atoms with Crippen molar-refractivity contribution >= 4 is 23.4 Å².